The molecule has 0 amide bonds. The molecule has 0 heterocycles. The molecule has 0 saturated carbocycles. The van der Waals surface area contributed by atoms with Gasteiger partial charge in [0.15, 0.2) is 9.84 Å². The van der Waals surface area contributed by atoms with Gasteiger partial charge in [0.25, 0.3) is 0 Å². The Labute approximate surface area is 106 Å². The lowest BCUT2D eigenvalue weighted by molar-refractivity contribution is 0.194. The molecule has 0 saturated heterocycles. The van der Waals surface area contributed by atoms with Crippen LogP contribution in [-0.4, -0.2) is 46.2 Å². The van der Waals surface area contributed by atoms with Crippen molar-refractivity contribution in [2.24, 2.45) is 5.92 Å². The maximum atomic E-state index is 11.9. The third-order valence-electron chi connectivity index (χ3n) is 2.73. The van der Waals surface area contributed by atoms with Gasteiger partial charge in [-0.2, -0.15) is 0 Å². The maximum absolute atomic E-state index is 11.9. The summed E-state index contributed by atoms with van der Waals surface area (Å²) in [4.78, 5) is 0. The van der Waals surface area contributed by atoms with Crippen molar-refractivity contribution in [3.05, 3.63) is 0 Å². The lowest BCUT2D eigenvalue weighted by Gasteiger charge is -2.14. The van der Waals surface area contributed by atoms with Crippen LogP contribution in [0.1, 0.15) is 33.6 Å². The highest BCUT2D eigenvalue weighted by molar-refractivity contribution is 7.92. The summed E-state index contributed by atoms with van der Waals surface area (Å²) in [6.45, 7) is 7.91. The van der Waals surface area contributed by atoms with E-state index in [4.69, 9.17) is 4.74 Å². The Hall–Kier alpha value is -0.130. The normalized spacial score (nSPS) is 14.2. The molecule has 0 rings (SSSR count). The van der Waals surface area contributed by atoms with E-state index in [1.165, 1.54) is 0 Å². The molecule has 0 bridgehead atoms. The Balaban J connectivity index is 3.83. The number of hydrogen-bond acceptors (Lipinski definition) is 4. The van der Waals surface area contributed by atoms with Gasteiger partial charge < -0.3 is 10.1 Å². The SMILES string of the molecule is COCCCNCC(C)S(=O)(=O)CCC(C)C. The molecule has 104 valence electrons. The van der Waals surface area contributed by atoms with Gasteiger partial charge >= 0.3 is 0 Å². The molecule has 0 aliphatic heterocycles. The Kier molecular flexibility index (Phi) is 8.82. The molecule has 0 spiro atoms. The Bertz CT molecular complexity index is 275. The first-order valence-corrected chi connectivity index (χ1v) is 8.03. The number of ether oxygens (including phenoxy) is 1. The molecule has 1 unspecified atom stereocenters. The number of hydrogen-bond donors (Lipinski definition) is 1. The molecule has 0 aromatic carbocycles. The summed E-state index contributed by atoms with van der Waals surface area (Å²) in [5.41, 5.74) is 0. The number of methoxy groups -OCH3 is 1. The fourth-order valence-electron chi connectivity index (χ4n) is 1.37. The van der Waals surface area contributed by atoms with Crippen molar-refractivity contribution in [2.45, 2.75) is 38.9 Å². The van der Waals surface area contributed by atoms with Gasteiger partial charge in [-0.1, -0.05) is 13.8 Å². The number of nitrogens with one attached hydrogen (secondary N) is 1. The zero-order valence-corrected chi connectivity index (χ0v) is 12.3. The van der Waals surface area contributed by atoms with Crippen LogP contribution in [0, 0.1) is 5.92 Å². The van der Waals surface area contributed by atoms with Crippen LogP contribution in [0.25, 0.3) is 0 Å². The lowest BCUT2D eigenvalue weighted by Crippen LogP contribution is -2.33. The van der Waals surface area contributed by atoms with Gasteiger partial charge in [0.1, 0.15) is 0 Å². The van der Waals surface area contributed by atoms with E-state index in [0.29, 0.717) is 24.8 Å². The predicted octanol–water partition coefficient (Wildman–Crippen LogP) is 1.46. The van der Waals surface area contributed by atoms with Crippen LogP contribution in [0.4, 0.5) is 0 Å². The highest BCUT2D eigenvalue weighted by Crippen LogP contribution is 2.08. The second-order valence-corrected chi connectivity index (χ2v) is 7.45. The van der Waals surface area contributed by atoms with Crippen LogP contribution >= 0.6 is 0 Å². The molecule has 17 heavy (non-hydrogen) atoms. The summed E-state index contributed by atoms with van der Waals surface area (Å²) in [5.74, 6) is 0.734. The van der Waals surface area contributed by atoms with Crippen molar-refractivity contribution in [1.82, 2.24) is 5.32 Å². The Morgan fingerprint density at radius 2 is 1.88 bits per heavy atom. The second kappa shape index (κ2) is 8.89. The van der Waals surface area contributed by atoms with Crippen molar-refractivity contribution in [1.29, 1.82) is 0 Å². The van der Waals surface area contributed by atoms with Crippen molar-refractivity contribution in [3.63, 3.8) is 0 Å². The third-order valence-corrected chi connectivity index (χ3v) is 4.92. The summed E-state index contributed by atoms with van der Waals surface area (Å²) in [6.07, 6.45) is 1.66. The van der Waals surface area contributed by atoms with E-state index in [1.807, 2.05) is 13.8 Å². The molecule has 1 N–H and O–H groups in total. The second-order valence-electron chi connectivity index (χ2n) is 4.91. The third kappa shape index (κ3) is 8.57. The minimum Gasteiger partial charge on any atom is -0.385 e. The minimum atomic E-state index is -2.94. The van der Waals surface area contributed by atoms with Gasteiger partial charge in [-0.3, -0.25) is 0 Å². The van der Waals surface area contributed by atoms with Gasteiger partial charge in [0.2, 0.25) is 0 Å². The summed E-state index contributed by atoms with van der Waals surface area (Å²) in [5, 5.41) is 2.85. The largest absolute Gasteiger partial charge is 0.385 e. The van der Waals surface area contributed by atoms with E-state index in [2.05, 4.69) is 5.32 Å². The molecule has 0 aliphatic rings. The fraction of sp³-hybridized carbons (Fsp3) is 1.00. The molecular weight excluding hydrogens is 238 g/mol. The molecule has 0 radical (unpaired) electrons. The van der Waals surface area contributed by atoms with E-state index in [1.54, 1.807) is 14.0 Å². The molecule has 0 aromatic heterocycles. The molecule has 1 atom stereocenters. The molecule has 4 nitrogen and oxygen atoms in total. The summed E-state index contributed by atoms with van der Waals surface area (Å²) < 4.78 is 28.7. The van der Waals surface area contributed by atoms with Crippen LogP contribution in [0.5, 0.6) is 0 Å². The lowest BCUT2D eigenvalue weighted by atomic mass is 10.2. The molecule has 0 fully saturated rings. The van der Waals surface area contributed by atoms with Gasteiger partial charge in [-0.05, 0) is 32.2 Å². The van der Waals surface area contributed by atoms with Crippen molar-refractivity contribution >= 4 is 9.84 Å². The summed E-state index contributed by atoms with van der Waals surface area (Å²) in [7, 11) is -1.28. The predicted molar refractivity (Wildman–Crippen MR) is 72.1 cm³/mol. The van der Waals surface area contributed by atoms with Gasteiger partial charge in [-0.25, -0.2) is 8.42 Å². The number of rotatable bonds is 10. The van der Waals surface area contributed by atoms with Crippen LogP contribution in [0.15, 0.2) is 0 Å². The summed E-state index contributed by atoms with van der Waals surface area (Å²) >= 11 is 0. The van der Waals surface area contributed by atoms with E-state index >= 15 is 0 Å². The van der Waals surface area contributed by atoms with Crippen molar-refractivity contribution in [3.8, 4) is 0 Å². The first-order valence-electron chi connectivity index (χ1n) is 6.31. The first kappa shape index (κ1) is 16.9. The van der Waals surface area contributed by atoms with Gasteiger partial charge in [0, 0.05) is 20.3 Å². The van der Waals surface area contributed by atoms with Crippen LogP contribution in [-0.2, 0) is 14.6 Å². The molecular formula is C12H27NO3S. The van der Waals surface area contributed by atoms with Crippen LogP contribution in [0.2, 0.25) is 0 Å². The monoisotopic (exact) mass is 265 g/mol. The van der Waals surface area contributed by atoms with Gasteiger partial charge in [0.05, 0.1) is 11.0 Å². The van der Waals surface area contributed by atoms with Crippen molar-refractivity contribution < 1.29 is 13.2 Å². The maximum Gasteiger partial charge on any atom is 0.154 e. The van der Waals surface area contributed by atoms with Gasteiger partial charge in [-0.15, -0.1) is 0 Å². The van der Waals surface area contributed by atoms with E-state index in [9.17, 15) is 8.42 Å². The highest BCUT2D eigenvalue weighted by Gasteiger charge is 2.20. The number of sulfone groups is 1. The summed E-state index contributed by atoms with van der Waals surface area (Å²) in [6, 6.07) is 0. The fourth-order valence-corrected chi connectivity index (χ4v) is 2.95. The van der Waals surface area contributed by atoms with Crippen molar-refractivity contribution in [2.75, 3.05) is 32.6 Å². The van der Waals surface area contributed by atoms with E-state index in [0.717, 1.165) is 19.4 Å². The zero-order valence-electron chi connectivity index (χ0n) is 11.5. The van der Waals surface area contributed by atoms with Crippen LogP contribution < -0.4 is 5.32 Å². The average Bonchev–Trinajstić information content (AvgIpc) is 2.26. The highest BCUT2D eigenvalue weighted by atomic mass is 32.2. The Morgan fingerprint density at radius 1 is 1.24 bits per heavy atom. The Morgan fingerprint density at radius 3 is 2.41 bits per heavy atom. The average molecular weight is 265 g/mol. The molecule has 0 aromatic rings. The van der Waals surface area contributed by atoms with E-state index < -0.39 is 9.84 Å². The zero-order chi connectivity index (χ0) is 13.3. The minimum absolute atomic E-state index is 0.297. The standard InChI is InChI=1S/C12H27NO3S/c1-11(2)6-9-17(14,15)12(3)10-13-7-5-8-16-4/h11-13H,5-10H2,1-4H3. The molecule has 0 aliphatic carbocycles. The van der Waals surface area contributed by atoms with E-state index in [-0.39, 0.29) is 5.25 Å². The molecule has 5 heteroatoms. The smallest absolute Gasteiger partial charge is 0.154 e. The van der Waals surface area contributed by atoms with Crippen LogP contribution in [0.3, 0.4) is 0 Å². The first-order chi connectivity index (χ1) is 7.90. The topological polar surface area (TPSA) is 55.4 Å². The quantitative estimate of drug-likeness (QED) is 0.608.